The Balaban J connectivity index is 2.51. The third kappa shape index (κ3) is 0.950. The lowest BCUT2D eigenvalue weighted by atomic mass is 9.91. The van der Waals surface area contributed by atoms with Gasteiger partial charge in [0, 0.05) is 6.54 Å². The predicted octanol–water partition coefficient (Wildman–Crippen LogP) is -2.45. The monoisotopic (exact) mass is 143 g/mol. The van der Waals surface area contributed by atoms with E-state index in [0.717, 1.165) is 0 Å². The summed E-state index contributed by atoms with van der Waals surface area (Å²) in [5.41, 5.74) is 9.86. The summed E-state index contributed by atoms with van der Waals surface area (Å²) in [6.07, 6.45) is 0. The fourth-order valence-electron chi connectivity index (χ4n) is 0.917. The van der Waals surface area contributed by atoms with Crippen molar-refractivity contribution in [3.63, 3.8) is 0 Å². The summed E-state index contributed by atoms with van der Waals surface area (Å²) < 4.78 is 0. The zero-order valence-electron chi connectivity index (χ0n) is 5.33. The van der Waals surface area contributed by atoms with Crippen molar-refractivity contribution in [1.82, 2.24) is 5.32 Å². The summed E-state index contributed by atoms with van der Waals surface area (Å²) >= 11 is 0. The number of carbonyl (C=O) groups is 2. The van der Waals surface area contributed by atoms with E-state index in [1.165, 1.54) is 0 Å². The van der Waals surface area contributed by atoms with E-state index in [0.29, 0.717) is 6.54 Å². The Labute approximate surface area is 57.7 Å². The second-order valence-corrected chi connectivity index (χ2v) is 2.30. The van der Waals surface area contributed by atoms with Crippen molar-refractivity contribution in [3.8, 4) is 0 Å². The van der Waals surface area contributed by atoms with Crippen LogP contribution in [0.3, 0.4) is 0 Å². The standard InChI is InChI=1S/C5H9N3O2/c6-4(9)2-1-8-3(2)5(7)10/h2-3,8H,1H2,(H2,6,9)(H2,7,10)/t2-,3+/m1/s1. The Morgan fingerprint density at radius 3 is 2.00 bits per heavy atom. The summed E-state index contributed by atoms with van der Waals surface area (Å²) in [4.78, 5) is 20.9. The lowest BCUT2D eigenvalue weighted by molar-refractivity contribution is -0.132. The van der Waals surface area contributed by atoms with E-state index >= 15 is 0 Å². The summed E-state index contributed by atoms with van der Waals surface area (Å²) in [5.74, 6) is -1.39. The fourth-order valence-corrected chi connectivity index (χ4v) is 0.917. The zero-order valence-corrected chi connectivity index (χ0v) is 5.33. The first kappa shape index (κ1) is 7.01. The highest BCUT2D eigenvalue weighted by atomic mass is 16.2. The van der Waals surface area contributed by atoms with Crippen molar-refractivity contribution in [2.75, 3.05) is 6.54 Å². The maximum absolute atomic E-state index is 10.5. The molecule has 0 bridgehead atoms. The average Bonchev–Trinajstić information content (AvgIpc) is 1.56. The molecule has 0 aliphatic carbocycles. The van der Waals surface area contributed by atoms with Gasteiger partial charge in [0.15, 0.2) is 0 Å². The lowest BCUT2D eigenvalue weighted by Gasteiger charge is -2.32. The topological polar surface area (TPSA) is 98.2 Å². The van der Waals surface area contributed by atoms with Crippen LogP contribution >= 0.6 is 0 Å². The van der Waals surface area contributed by atoms with Crippen LogP contribution in [0.4, 0.5) is 0 Å². The molecule has 1 aliphatic heterocycles. The van der Waals surface area contributed by atoms with Crippen LogP contribution in [0.2, 0.25) is 0 Å². The minimum absolute atomic E-state index is 0.405. The van der Waals surface area contributed by atoms with Crippen LogP contribution in [-0.2, 0) is 9.59 Å². The summed E-state index contributed by atoms with van der Waals surface area (Å²) in [7, 11) is 0. The van der Waals surface area contributed by atoms with Gasteiger partial charge in [-0.25, -0.2) is 0 Å². The molecule has 1 heterocycles. The molecular weight excluding hydrogens is 134 g/mol. The van der Waals surface area contributed by atoms with Crippen LogP contribution in [-0.4, -0.2) is 24.4 Å². The third-order valence-electron chi connectivity index (χ3n) is 1.63. The number of hydrogen-bond acceptors (Lipinski definition) is 3. The van der Waals surface area contributed by atoms with Crippen LogP contribution < -0.4 is 16.8 Å². The first-order valence-corrected chi connectivity index (χ1v) is 2.95. The van der Waals surface area contributed by atoms with E-state index in [1.54, 1.807) is 0 Å². The molecule has 0 spiro atoms. The molecule has 0 aromatic carbocycles. The van der Waals surface area contributed by atoms with E-state index < -0.39 is 23.8 Å². The first-order valence-electron chi connectivity index (χ1n) is 2.95. The molecule has 5 nitrogen and oxygen atoms in total. The Morgan fingerprint density at radius 1 is 1.30 bits per heavy atom. The molecule has 0 radical (unpaired) electrons. The van der Waals surface area contributed by atoms with Crippen molar-refractivity contribution in [3.05, 3.63) is 0 Å². The van der Waals surface area contributed by atoms with E-state index in [1.807, 2.05) is 0 Å². The van der Waals surface area contributed by atoms with Crippen molar-refractivity contribution < 1.29 is 9.59 Å². The van der Waals surface area contributed by atoms with Crippen LogP contribution in [0.15, 0.2) is 0 Å². The highest BCUT2D eigenvalue weighted by Gasteiger charge is 2.38. The second kappa shape index (κ2) is 2.26. The van der Waals surface area contributed by atoms with Gasteiger partial charge in [-0.05, 0) is 0 Å². The van der Waals surface area contributed by atoms with Gasteiger partial charge in [0.2, 0.25) is 11.8 Å². The third-order valence-corrected chi connectivity index (χ3v) is 1.63. The van der Waals surface area contributed by atoms with Crippen LogP contribution in [0, 0.1) is 5.92 Å². The molecule has 1 fully saturated rings. The molecule has 1 saturated heterocycles. The highest BCUT2D eigenvalue weighted by molar-refractivity contribution is 5.90. The molecule has 0 aromatic heterocycles. The number of hydrogen-bond donors (Lipinski definition) is 3. The van der Waals surface area contributed by atoms with Gasteiger partial charge in [0.25, 0.3) is 0 Å². The van der Waals surface area contributed by atoms with Crippen LogP contribution in [0.25, 0.3) is 0 Å². The smallest absolute Gasteiger partial charge is 0.235 e. The fraction of sp³-hybridized carbons (Fsp3) is 0.600. The zero-order chi connectivity index (χ0) is 7.72. The molecule has 1 aliphatic rings. The summed E-state index contributed by atoms with van der Waals surface area (Å²) in [5, 5.41) is 2.70. The summed E-state index contributed by atoms with van der Waals surface area (Å²) in [6.45, 7) is 0.461. The van der Waals surface area contributed by atoms with Crippen molar-refractivity contribution in [2.45, 2.75) is 6.04 Å². The number of rotatable bonds is 2. The predicted molar refractivity (Wildman–Crippen MR) is 33.7 cm³/mol. The number of nitrogens with one attached hydrogen (secondary N) is 1. The number of nitrogens with two attached hydrogens (primary N) is 2. The van der Waals surface area contributed by atoms with Crippen LogP contribution in [0.5, 0.6) is 0 Å². The molecule has 2 amide bonds. The Morgan fingerprint density at radius 2 is 1.90 bits per heavy atom. The van der Waals surface area contributed by atoms with Gasteiger partial charge in [0.05, 0.1) is 12.0 Å². The molecule has 0 saturated carbocycles. The Hall–Kier alpha value is -1.10. The molecule has 5 N–H and O–H groups in total. The molecule has 10 heavy (non-hydrogen) atoms. The summed E-state index contributed by atoms with van der Waals surface area (Å²) in [6, 6.07) is -0.544. The maximum atomic E-state index is 10.5. The number of carbonyl (C=O) groups excluding carboxylic acids is 2. The maximum Gasteiger partial charge on any atom is 0.235 e. The van der Waals surface area contributed by atoms with E-state index in [2.05, 4.69) is 5.32 Å². The minimum Gasteiger partial charge on any atom is -0.369 e. The van der Waals surface area contributed by atoms with E-state index in [4.69, 9.17) is 11.5 Å². The average molecular weight is 143 g/mol. The van der Waals surface area contributed by atoms with Gasteiger partial charge >= 0.3 is 0 Å². The number of primary amides is 2. The largest absolute Gasteiger partial charge is 0.369 e. The Kier molecular flexibility index (Phi) is 1.58. The van der Waals surface area contributed by atoms with Gasteiger partial charge in [0.1, 0.15) is 0 Å². The molecule has 0 unspecified atom stereocenters. The van der Waals surface area contributed by atoms with Gasteiger partial charge in [-0.2, -0.15) is 0 Å². The van der Waals surface area contributed by atoms with E-state index in [-0.39, 0.29) is 0 Å². The molecule has 5 heteroatoms. The van der Waals surface area contributed by atoms with Gasteiger partial charge in [-0.15, -0.1) is 0 Å². The highest BCUT2D eigenvalue weighted by Crippen LogP contribution is 2.10. The quantitative estimate of drug-likeness (QED) is 0.400. The first-order chi connectivity index (χ1) is 4.63. The second-order valence-electron chi connectivity index (χ2n) is 2.30. The lowest BCUT2D eigenvalue weighted by Crippen LogP contribution is -2.63. The van der Waals surface area contributed by atoms with Crippen molar-refractivity contribution in [1.29, 1.82) is 0 Å². The SMILES string of the molecule is NC(=O)[C@H]1NC[C@H]1C(N)=O. The Bertz CT molecular complexity index is 160. The molecule has 0 aromatic rings. The molecule has 1 rings (SSSR count). The van der Waals surface area contributed by atoms with Crippen LogP contribution in [0.1, 0.15) is 0 Å². The van der Waals surface area contributed by atoms with Gasteiger partial charge in [-0.3, -0.25) is 9.59 Å². The molecule has 56 valence electrons. The number of amides is 2. The van der Waals surface area contributed by atoms with Gasteiger partial charge < -0.3 is 16.8 Å². The molecular formula is C5H9N3O2. The van der Waals surface area contributed by atoms with Crippen molar-refractivity contribution in [2.24, 2.45) is 17.4 Å². The minimum atomic E-state index is -0.544. The molecule has 2 atom stereocenters. The normalized spacial score (nSPS) is 30.8. The van der Waals surface area contributed by atoms with E-state index in [9.17, 15) is 9.59 Å². The van der Waals surface area contributed by atoms with Gasteiger partial charge in [-0.1, -0.05) is 0 Å². The van der Waals surface area contributed by atoms with Crippen molar-refractivity contribution >= 4 is 11.8 Å².